The van der Waals surface area contributed by atoms with Gasteiger partial charge < -0.3 is 5.11 Å². The summed E-state index contributed by atoms with van der Waals surface area (Å²) in [4.78, 5) is 13.8. The number of nitrogens with two attached hydrogens (primary N) is 1. The lowest BCUT2D eigenvalue weighted by molar-refractivity contribution is -0.122. The number of benzene rings is 1. The molecule has 1 saturated heterocycles. The van der Waals surface area contributed by atoms with Gasteiger partial charge in [-0.3, -0.25) is 15.1 Å². The SMILES string of the molecule is CC(C(=O)NN)c1ccc(CN2CCCC2CO)cc1. The van der Waals surface area contributed by atoms with E-state index < -0.39 is 0 Å². The molecule has 5 nitrogen and oxygen atoms in total. The van der Waals surface area contributed by atoms with Crippen LogP contribution in [0.5, 0.6) is 0 Å². The highest BCUT2D eigenvalue weighted by Crippen LogP contribution is 2.21. The van der Waals surface area contributed by atoms with Crippen LogP contribution in [-0.2, 0) is 11.3 Å². The lowest BCUT2D eigenvalue weighted by Gasteiger charge is -2.22. The quantitative estimate of drug-likeness (QED) is 0.421. The van der Waals surface area contributed by atoms with Crippen LogP contribution in [-0.4, -0.2) is 35.1 Å². The van der Waals surface area contributed by atoms with Crippen molar-refractivity contribution < 1.29 is 9.90 Å². The lowest BCUT2D eigenvalue weighted by atomic mass is 9.99. The Bertz CT molecular complexity index is 447. The Morgan fingerprint density at radius 3 is 2.80 bits per heavy atom. The van der Waals surface area contributed by atoms with Crippen LogP contribution in [0.2, 0.25) is 0 Å². The van der Waals surface area contributed by atoms with Gasteiger partial charge >= 0.3 is 0 Å². The molecule has 0 aromatic heterocycles. The van der Waals surface area contributed by atoms with Gasteiger partial charge in [0.1, 0.15) is 0 Å². The summed E-state index contributed by atoms with van der Waals surface area (Å²) in [5.41, 5.74) is 4.33. The lowest BCUT2D eigenvalue weighted by Crippen LogP contribution is -2.33. The molecule has 1 aromatic carbocycles. The second kappa shape index (κ2) is 6.83. The molecule has 0 spiro atoms. The van der Waals surface area contributed by atoms with Crippen molar-refractivity contribution in [2.45, 2.75) is 38.3 Å². The highest BCUT2D eigenvalue weighted by molar-refractivity contribution is 5.82. The van der Waals surface area contributed by atoms with Crippen LogP contribution in [0.15, 0.2) is 24.3 Å². The highest BCUT2D eigenvalue weighted by Gasteiger charge is 2.23. The molecule has 1 aliphatic heterocycles. The topological polar surface area (TPSA) is 78.6 Å². The Balaban J connectivity index is 1.99. The highest BCUT2D eigenvalue weighted by atomic mass is 16.3. The first-order valence-electron chi connectivity index (χ1n) is 7.10. The number of nitrogens with zero attached hydrogens (tertiary/aromatic N) is 1. The maximum Gasteiger partial charge on any atom is 0.241 e. The summed E-state index contributed by atoms with van der Waals surface area (Å²) in [6.07, 6.45) is 2.22. The molecule has 1 aliphatic rings. The second-order valence-corrected chi connectivity index (χ2v) is 5.42. The zero-order chi connectivity index (χ0) is 14.5. The third-order valence-corrected chi connectivity index (χ3v) is 4.11. The molecular weight excluding hydrogens is 254 g/mol. The number of hydrazine groups is 1. The van der Waals surface area contributed by atoms with Gasteiger partial charge in [-0.1, -0.05) is 24.3 Å². The van der Waals surface area contributed by atoms with Crippen molar-refractivity contribution in [3.05, 3.63) is 35.4 Å². The minimum absolute atomic E-state index is 0.183. The van der Waals surface area contributed by atoms with Crippen LogP contribution in [0.1, 0.15) is 36.8 Å². The largest absolute Gasteiger partial charge is 0.395 e. The first kappa shape index (κ1) is 15.0. The van der Waals surface area contributed by atoms with Crippen molar-refractivity contribution in [2.75, 3.05) is 13.2 Å². The Labute approximate surface area is 119 Å². The van der Waals surface area contributed by atoms with Gasteiger partial charge in [-0.15, -0.1) is 0 Å². The Kier molecular flexibility index (Phi) is 5.11. The fourth-order valence-corrected chi connectivity index (χ4v) is 2.73. The summed E-state index contributed by atoms with van der Waals surface area (Å²) in [5, 5.41) is 9.32. The van der Waals surface area contributed by atoms with Crippen LogP contribution < -0.4 is 11.3 Å². The summed E-state index contributed by atoms with van der Waals surface area (Å²) in [6.45, 7) is 3.95. The molecule has 2 rings (SSSR count). The first-order valence-corrected chi connectivity index (χ1v) is 7.10. The van der Waals surface area contributed by atoms with Gasteiger partial charge in [-0.25, -0.2) is 5.84 Å². The van der Waals surface area contributed by atoms with E-state index in [1.165, 1.54) is 5.56 Å². The molecule has 4 N–H and O–H groups in total. The molecule has 1 fully saturated rings. The number of hydrogen-bond donors (Lipinski definition) is 3. The molecule has 110 valence electrons. The maximum atomic E-state index is 11.5. The van der Waals surface area contributed by atoms with Gasteiger partial charge in [0.15, 0.2) is 0 Å². The van der Waals surface area contributed by atoms with Crippen molar-refractivity contribution in [1.29, 1.82) is 0 Å². The number of aliphatic hydroxyl groups excluding tert-OH is 1. The molecule has 0 aliphatic carbocycles. The van der Waals surface area contributed by atoms with E-state index in [0.29, 0.717) is 0 Å². The van der Waals surface area contributed by atoms with E-state index in [0.717, 1.165) is 31.5 Å². The van der Waals surface area contributed by atoms with Gasteiger partial charge in [-0.2, -0.15) is 0 Å². The first-order chi connectivity index (χ1) is 9.65. The van der Waals surface area contributed by atoms with Crippen LogP contribution in [0.25, 0.3) is 0 Å². The molecule has 1 amide bonds. The fraction of sp³-hybridized carbons (Fsp3) is 0.533. The van der Waals surface area contributed by atoms with Crippen LogP contribution >= 0.6 is 0 Å². The number of aliphatic hydroxyl groups is 1. The smallest absolute Gasteiger partial charge is 0.241 e. The number of amides is 1. The third kappa shape index (κ3) is 3.36. The zero-order valence-corrected chi connectivity index (χ0v) is 11.9. The van der Waals surface area contributed by atoms with Crippen molar-refractivity contribution in [1.82, 2.24) is 10.3 Å². The van der Waals surface area contributed by atoms with Gasteiger partial charge in [0.2, 0.25) is 5.91 Å². The van der Waals surface area contributed by atoms with E-state index in [-0.39, 0.29) is 24.5 Å². The standard InChI is InChI=1S/C15H23N3O2/c1-11(15(20)17-16)13-6-4-12(5-7-13)9-18-8-2-3-14(18)10-19/h4-7,11,14,19H,2-3,8-10,16H2,1H3,(H,17,20). The maximum absolute atomic E-state index is 11.5. The van der Waals surface area contributed by atoms with E-state index in [4.69, 9.17) is 5.84 Å². The van der Waals surface area contributed by atoms with E-state index >= 15 is 0 Å². The van der Waals surface area contributed by atoms with Crippen molar-refractivity contribution in [3.8, 4) is 0 Å². The number of rotatable bonds is 5. The molecule has 5 heteroatoms. The number of carbonyl (C=O) groups excluding carboxylic acids is 1. The van der Waals surface area contributed by atoms with E-state index in [2.05, 4.69) is 10.3 Å². The summed E-state index contributed by atoms with van der Waals surface area (Å²) in [5.74, 6) is 4.72. The second-order valence-electron chi connectivity index (χ2n) is 5.42. The molecular formula is C15H23N3O2. The third-order valence-electron chi connectivity index (χ3n) is 4.11. The van der Waals surface area contributed by atoms with Gasteiger partial charge in [0.25, 0.3) is 0 Å². The van der Waals surface area contributed by atoms with Crippen LogP contribution in [0, 0.1) is 0 Å². The van der Waals surface area contributed by atoms with Crippen LogP contribution in [0.4, 0.5) is 0 Å². The number of hydrogen-bond acceptors (Lipinski definition) is 4. The molecule has 1 aromatic rings. The van der Waals surface area contributed by atoms with E-state index in [1.807, 2.05) is 31.2 Å². The Morgan fingerprint density at radius 2 is 2.20 bits per heavy atom. The molecule has 2 unspecified atom stereocenters. The zero-order valence-electron chi connectivity index (χ0n) is 11.9. The Hall–Kier alpha value is -1.43. The van der Waals surface area contributed by atoms with E-state index in [9.17, 15) is 9.90 Å². The van der Waals surface area contributed by atoms with Crippen molar-refractivity contribution in [2.24, 2.45) is 5.84 Å². The van der Waals surface area contributed by atoms with Crippen molar-refractivity contribution in [3.63, 3.8) is 0 Å². The van der Waals surface area contributed by atoms with Gasteiger partial charge in [0.05, 0.1) is 12.5 Å². The van der Waals surface area contributed by atoms with Gasteiger partial charge in [-0.05, 0) is 37.4 Å². The number of carbonyl (C=O) groups is 1. The van der Waals surface area contributed by atoms with Crippen molar-refractivity contribution >= 4 is 5.91 Å². The summed E-state index contributed by atoms with van der Waals surface area (Å²) >= 11 is 0. The fourth-order valence-electron chi connectivity index (χ4n) is 2.73. The predicted octanol–water partition coefficient (Wildman–Crippen LogP) is 0.737. The number of nitrogens with one attached hydrogen (secondary N) is 1. The summed E-state index contributed by atoms with van der Waals surface area (Å²) in [6, 6.07) is 8.32. The molecule has 0 radical (unpaired) electrons. The average molecular weight is 277 g/mol. The number of likely N-dealkylation sites (tertiary alicyclic amines) is 1. The molecule has 1 heterocycles. The van der Waals surface area contributed by atoms with E-state index in [1.54, 1.807) is 0 Å². The molecule has 0 saturated carbocycles. The normalized spacial score (nSPS) is 20.9. The predicted molar refractivity (Wildman–Crippen MR) is 77.7 cm³/mol. The minimum Gasteiger partial charge on any atom is -0.395 e. The van der Waals surface area contributed by atoms with Gasteiger partial charge in [0, 0.05) is 12.6 Å². The average Bonchev–Trinajstić information content (AvgIpc) is 2.93. The Morgan fingerprint density at radius 1 is 1.50 bits per heavy atom. The summed E-state index contributed by atoms with van der Waals surface area (Å²) in [7, 11) is 0. The monoisotopic (exact) mass is 277 g/mol. The summed E-state index contributed by atoms with van der Waals surface area (Å²) < 4.78 is 0. The molecule has 0 bridgehead atoms. The molecule has 20 heavy (non-hydrogen) atoms. The minimum atomic E-state index is -0.244. The molecule has 2 atom stereocenters. The van der Waals surface area contributed by atoms with Crippen LogP contribution in [0.3, 0.4) is 0 Å².